The molecule has 3 aromatic rings. The molecule has 0 aliphatic carbocycles. The van der Waals surface area contributed by atoms with Crippen LogP contribution in [0.25, 0.3) is 11.5 Å². The summed E-state index contributed by atoms with van der Waals surface area (Å²) in [6.07, 6.45) is 2.28. The summed E-state index contributed by atoms with van der Waals surface area (Å²) < 4.78 is 15.9. The third kappa shape index (κ3) is 4.46. The highest BCUT2D eigenvalue weighted by molar-refractivity contribution is 7.81. The number of esters is 1. The van der Waals surface area contributed by atoms with Crippen molar-refractivity contribution >= 4 is 18.6 Å². The molecule has 1 unspecified atom stereocenters. The van der Waals surface area contributed by atoms with E-state index in [9.17, 15) is 4.79 Å². The average molecular weight is 369 g/mol. The van der Waals surface area contributed by atoms with Crippen LogP contribution in [-0.4, -0.2) is 24.7 Å². The van der Waals surface area contributed by atoms with Gasteiger partial charge in [-0.2, -0.15) is 12.6 Å². The predicted molar refractivity (Wildman–Crippen MR) is 101 cm³/mol. The zero-order chi connectivity index (χ0) is 18.4. The van der Waals surface area contributed by atoms with E-state index in [4.69, 9.17) is 9.15 Å². The minimum absolute atomic E-state index is 0.387. The number of aromatic nitrogens is 1. The zero-order valence-electron chi connectivity index (χ0n) is 14.3. The van der Waals surface area contributed by atoms with Gasteiger partial charge in [0.2, 0.25) is 5.89 Å². The van der Waals surface area contributed by atoms with E-state index in [2.05, 4.69) is 22.3 Å². The standard InChI is InChI=1S/C20H19NO4S/c1-23-20(22)18(26)14-7-9-17(10-8-14)24-12-11-16-13-25-19(21-16)15-5-3-2-4-6-15/h2-10,13,18,26H,11-12H2,1H3. The number of rotatable bonds is 7. The number of thiol groups is 1. The second-order valence-electron chi connectivity index (χ2n) is 5.60. The molecule has 0 radical (unpaired) electrons. The molecule has 134 valence electrons. The fraction of sp³-hybridized carbons (Fsp3) is 0.200. The summed E-state index contributed by atoms with van der Waals surface area (Å²) in [5, 5.41) is -0.597. The van der Waals surface area contributed by atoms with Gasteiger partial charge in [0, 0.05) is 12.0 Å². The van der Waals surface area contributed by atoms with Crippen molar-refractivity contribution in [1.82, 2.24) is 4.98 Å². The number of oxazole rings is 1. The molecule has 0 saturated heterocycles. The molecule has 1 heterocycles. The second-order valence-corrected chi connectivity index (χ2v) is 6.12. The molecule has 26 heavy (non-hydrogen) atoms. The molecular formula is C20H19NO4S. The Morgan fingerprint density at radius 1 is 1.15 bits per heavy atom. The predicted octanol–water partition coefficient (Wildman–Crippen LogP) is 4.11. The van der Waals surface area contributed by atoms with E-state index in [0.29, 0.717) is 24.7 Å². The van der Waals surface area contributed by atoms with E-state index >= 15 is 0 Å². The topological polar surface area (TPSA) is 61.6 Å². The Hall–Kier alpha value is -2.73. The Morgan fingerprint density at radius 3 is 2.58 bits per heavy atom. The van der Waals surface area contributed by atoms with Gasteiger partial charge in [-0.25, -0.2) is 4.98 Å². The van der Waals surface area contributed by atoms with Crippen molar-refractivity contribution in [3.63, 3.8) is 0 Å². The molecule has 0 amide bonds. The quantitative estimate of drug-likeness (QED) is 0.502. The molecule has 0 bridgehead atoms. The first kappa shape index (κ1) is 18.1. The van der Waals surface area contributed by atoms with E-state index in [-0.39, 0.29) is 5.97 Å². The summed E-state index contributed by atoms with van der Waals surface area (Å²) in [6, 6.07) is 17.0. The van der Waals surface area contributed by atoms with Crippen molar-refractivity contribution in [1.29, 1.82) is 0 Å². The fourth-order valence-corrected chi connectivity index (χ4v) is 2.68. The maximum atomic E-state index is 11.5. The van der Waals surface area contributed by atoms with Gasteiger partial charge in [0.15, 0.2) is 0 Å². The fourth-order valence-electron chi connectivity index (χ4n) is 2.40. The van der Waals surface area contributed by atoms with Crippen molar-refractivity contribution in [3.05, 3.63) is 72.1 Å². The molecule has 0 spiro atoms. The summed E-state index contributed by atoms with van der Waals surface area (Å²) in [5.41, 5.74) is 2.54. The normalized spacial score (nSPS) is 11.8. The smallest absolute Gasteiger partial charge is 0.323 e. The number of nitrogens with zero attached hydrogens (tertiary/aromatic N) is 1. The van der Waals surface area contributed by atoms with Crippen LogP contribution < -0.4 is 4.74 Å². The van der Waals surface area contributed by atoms with Crippen LogP contribution in [0.4, 0.5) is 0 Å². The van der Waals surface area contributed by atoms with E-state index in [0.717, 1.165) is 16.8 Å². The number of benzene rings is 2. The lowest BCUT2D eigenvalue weighted by molar-refractivity contribution is -0.140. The summed E-state index contributed by atoms with van der Waals surface area (Å²) in [4.78, 5) is 16.0. The molecule has 3 rings (SSSR count). The minimum Gasteiger partial charge on any atom is -0.493 e. The third-order valence-electron chi connectivity index (χ3n) is 3.82. The highest BCUT2D eigenvalue weighted by Crippen LogP contribution is 2.24. The lowest BCUT2D eigenvalue weighted by Gasteiger charge is -2.10. The van der Waals surface area contributed by atoms with Crippen LogP contribution in [0, 0.1) is 0 Å². The number of methoxy groups -OCH3 is 1. The van der Waals surface area contributed by atoms with Crippen molar-refractivity contribution in [2.45, 2.75) is 11.7 Å². The van der Waals surface area contributed by atoms with Crippen LogP contribution in [-0.2, 0) is 16.0 Å². The molecule has 0 aliphatic rings. The first-order valence-corrected chi connectivity index (χ1v) is 8.67. The monoisotopic (exact) mass is 369 g/mol. The van der Waals surface area contributed by atoms with Gasteiger partial charge in [0.25, 0.3) is 0 Å². The van der Waals surface area contributed by atoms with Crippen LogP contribution >= 0.6 is 12.6 Å². The van der Waals surface area contributed by atoms with E-state index in [1.54, 1.807) is 30.5 Å². The summed E-state index contributed by atoms with van der Waals surface area (Å²) in [6.45, 7) is 0.474. The molecule has 2 aromatic carbocycles. The van der Waals surface area contributed by atoms with Crippen LogP contribution in [0.15, 0.2) is 65.3 Å². The molecule has 6 heteroatoms. The van der Waals surface area contributed by atoms with Crippen molar-refractivity contribution < 1.29 is 18.7 Å². The largest absolute Gasteiger partial charge is 0.493 e. The number of carbonyl (C=O) groups is 1. The van der Waals surface area contributed by atoms with Crippen molar-refractivity contribution in [2.75, 3.05) is 13.7 Å². The van der Waals surface area contributed by atoms with E-state index in [1.807, 2.05) is 30.3 Å². The van der Waals surface area contributed by atoms with Gasteiger partial charge in [0.1, 0.15) is 17.3 Å². The Labute approximate surface area is 157 Å². The van der Waals surface area contributed by atoms with Gasteiger partial charge in [-0.05, 0) is 29.8 Å². The highest BCUT2D eigenvalue weighted by Gasteiger charge is 2.16. The maximum absolute atomic E-state index is 11.5. The molecule has 1 aromatic heterocycles. The van der Waals surface area contributed by atoms with Gasteiger partial charge in [0.05, 0.1) is 19.4 Å². The Kier molecular flexibility index (Phi) is 5.96. The molecule has 1 atom stereocenters. The third-order valence-corrected chi connectivity index (χ3v) is 4.33. The van der Waals surface area contributed by atoms with Gasteiger partial charge < -0.3 is 13.9 Å². The van der Waals surface area contributed by atoms with Crippen LogP contribution in [0.2, 0.25) is 0 Å². The number of hydrogen-bond donors (Lipinski definition) is 1. The van der Waals surface area contributed by atoms with E-state index < -0.39 is 5.25 Å². The molecule has 0 N–H and O–H groups in total. The van der Waals surface area contributed by atoms with Crippen LogP contribution in [0.3, 0.4) is 0 Å². The highest BCUT2D eigenvalue weighted by atomic mass is 32.1. The molecular weight excluding hydrogens is 350 g/mol. The lowest BCUT2D eigenvalue weighted by atomic mass is 10.1. The molecule has 0 saturated carbocycles. The minimum atomic E-state index is -0.597. The van der Waals surface area contributed by atoms with Crippen molar-refractivity contribution in [2.24, 2.45) is 0 Å². The van der Waals surface area contributed by atoms with E-state index in [1.165, 1.54) is 7.11 Å². The number of hydrogen-bond acceptors (Lipinski definition) is 6. The number of carbonyl (C=O) groups excluding carboxylic acids is 1. The molecule has 5 nitrogen and oxygen atoms in total. The van der Waals surface area contributed by atoms with Gasteiger partial charge >= 0.3 is 5.97 Å². The maximum Gasteiger partial charge on any atom is 0.323 e. The van der Waals surface area contributed by atoms with Crippen molar-refractivity contribution in [3.8, 4) is 17.2 Å². The summed E-state index contributed by atoms with van der Waals surface area (Å²) >= 11 is 4.25. The van der Waals surface area contributed by atoms with Crippen LogP contribution in [0.1, 0.15) is 16.5 Å². The first-order chi connectivity index (χ1) is 12.7. The Balaban J connectivity index is 1.52. The summed E-state index contributed by atoms with van der Waals surface area (Å²) in [7, 11) is 1.34. The SMILES string of the molecule is COC(=O)C(S)c1ccc(OCCc2coc(-c3ccccc3)n2)cc1. The molecule has 0 fully saturated rings. The molecule has 0 aliphatic heterocycles. The van der Waals surface area contributed by atoms with Gasteiger partial charge in [-0.1, -0.05) is 30.3 Å². The second kappa shape index (κ2) is 8.58. The first-order valence-electron chi connectivity index (χ1n) is 8.16. The lowest BCUT2D eigenvalue weighted by Crippen LogP contribution is -2.08. The Bertz CT molecular complexity index is 846. The summed E-state index contributed by atoms with van der Waals surface area (Å²) in [5.74, 6) is 0.931. The number of ether oxygens (including phenoxy) is 2. The van der Waals surface area contributed by atoms with Gasteiger partial charge in [-0.15, -0.1) is 0 Å². The Morgan fingerprint density at radius 2 is 1.88 bits per heavy atom. The zero-order valence-corrected chi connectivity index (χ0v) is 15.2. The average Bonchev–Trinajstić information content (AvgIpc) is 3.17. The van der Waals surface area contributed by atoms with Gasteiger partial charge in [-0.3, -0.25) is 4.79 Å². The van der Waals surface area contributed by atoms with Crippen LogP contribution in [0.5, 0.6) is 5.75 Å².